The molecule has 0 spiro atoms. The van der Waals surface area contributed by atoms with Crippen LogP contribution in [0.4, 0.5) is 5.69 Å². The number of benzene rings is 1. The van der Waals surface area contributed by atoms with E-state index >= 15 is 0 Å². The average Bonchev–Trinajstić information content (AvgIpc) is 2.89. The van der Waals surface area contributed by atoms with Gasteiger partial charge in [0.05, 0.1) is 0 Å². The fourth-order valence-electron chi connectivity index (χ4n) is 2.35. The summed E-state index contributed by atoms with van der Waals surface area (Å²) in [7, 11) is 0. The molecular formula is C15H22N2. The fraction of sp³-hybridized carbons (Fsp3) is 0.467. The highest BCUT2D eigenvalue weighted by Gasteiger charge is 2.14. The molecule has 92 valence electrons. The van der Waals surface area contributed by atoms with Crippen molar-refractivity contribution in [3.05, 3.63) is 42.5 Å². The van der Waals surface area contributed by atoms with Gasteiger partial charge in [0.15, 0.2) is 0 Å². The van der Waals surface area contributed by atoms with Gasteiger partial charge in [0.25, 0.3) is 0 Å². The van der Waals surface area contributed by atoms with E-state index in [9.17, 15) is 0 Å². The molecule has 0 amide bonds. The highest BCUT2D eigenvalue weighted by atomic mass is 15.1. The van der Waals surface area contributed by atoms with E-state index in [1.165, 1.54) is 37.2 Å². The second kappa shape index (κ2) is 6.45. The zero-order valence-corrected chi connectivity index (χ0v) is 10.5. The number of rotatable bonds is 6. The van der Waals surface area contributed by atoms with E-state index in [1.807, 2.05) is 6.08 Å². The van der Waals surface area contributed by atoms with Crippen LogP contribution in [0.15, 0.2) is 36.9 Å². The van der Waals surface area contributed by atoms with Gasteiger partial charge in [0, 0.05) is 25.3 Å². The summed E-state index contributed by atoms with van der Waals surface area (Å²) in [5, 5.41) is 3.47. The highest BCUT2D eigenvalue weighted by Crippen LogP contribution is 2.24. The largest absolute Gasteiger partial charge is 0.371 e. The molecule has 0 radical (unpaired) electrons. The van der Waals surface area contributed by atoms with Crippen molar-refractivity contribution < 1.29 is 0 Å². The molecule has 1 fully saturated rings. The van der Waals surface area contributed by atoms with Crippen molar-refractivity contribution in [2.45, 2.75) is 25.8 Å². The Balaban J connectivity index is 1.97. The van der Waals surface area contributed by atoms with Crippen molar-refractivity contribution >= 4 is 5.69 Å². The van der Waals surface area contributed by atoms with E-state index in [-0.39, 0.29) is 0 Å². The van der Waals surface area contributed by atoms with Crippen LogP contribution in [0.2, 0.25) is 0 Å². The molecule has 1 aliphatic heterocycles. The Morgan fingerprint density at radius 1 is 1.24 bits per heavy atom. The first kappa shape index (κ1) is 12.2. The molecule has 0 saturated carbocycles. The van der Waals surface area contributed by atoms with Gasteiger partial charge in [-0.25, -0.2) is 0 Å². The number of hydrogen-bond donors (Lipinski definition) is 1. The van der Waals surface area contributed by atoms with Gasteiger partial charge in [-0.05, 0) is 37.4 Å². The van der Waals surface area contributed by atoms with Gasteiger partial charge < -0.3 is 10.2 Å². The van der Waals surface area contributed by atoms with Crippen LogP contribution in [-0.2, 0) is 6.54 Å². The van der Waals surface area contributed by atoms with Gasteiger partial charge in [0.2, 0.25) is 0 Å². The Bertz CT molecular complexity index is 354. The Hall–Kier alpha value is -1.28. The van der Waals surface area contributed by atoms with Gasteiger partial charge in [-0.3, -0.25) is 0 Å². The number of anilines is 1. The first-order valence-corrected chi connectivity index (χ1v) is 6.56. The first-order valence-electron chi connectivity index (χ1n) is 6.56. The molecule has 0 aromatic heterocycles. The Kier molecular flexibility index (Phi) is 4.63. The molecule has 0 aliphatic carbocycles. The smallest absolute Gasteiger partial charge is 0.0411 e. The molecule has 17 heavy (non-hydrogen) atoms. The second-order valence-electron chi connectivity index (χ2n) is 4.58. The van der Waals surface area contributed by atoms with Crippen LogP contribution in [-0.4, -0.2) is 19.6 Å². The lowest BCUT2D eigenvalue weighted by Crippen LogP contribution is -2.22. The maximum atomic E-state index is 3.74. The van der Waals surface area contributed by atoms with Crippen LogP contribution in [0.5, 0.6) is 0 Å². The highest BCUT2D eigenvalue weighted by molar-refractivity contribution is 5.54. The Morgan fingerprint density at radius 2 is 2.00 bits per heavy atom. The molecule has 2 rings (SSSR count). The summed E-state index contributed by atoms with van der Waals surface area (Å²) >= 11 is 0. The summed E-state index contributed by atoms with van der Waals surface area (Å²) in [4.78, 5) is 2.50. The monoisotopic (exact) mass is 230 g/mol. The average molecular weight is 230 g/mol. The van der Waals surface area contributed by atoms with Gasteiger partial charge in [-0.1, -0.05) is 24.3 Å². The van der Waals surface area contributed by atoms with Gasteiger partial charge >= 0.3 is 0 Å². The number of hydrogen-bond acceptors (Lipinski definition) is 2. The summed E-state index contributed by atoms with van der Waals surface area (Å²) in [5.41, 5.74) is 2.83. The molecule has 0 unspecified atom stereocenters. The molecule has 2 nitrogen and oxygen atoms in total. The molecule has 1 aromatic carbocycles. The maximum Gasteiger partial charge on any atom is 0.0411 e. The summed E-state index contributed by atoms with van der Waals surface area (Å²) in [5.74, 6) is 0. The fourth-order valence-corrected chi connectivity index (χ4v) is 2.35. The van der Waals surface area contributed by atoms with Gasteiger partial charge in [0.1, 0.15) is 0 Å². The van der Waals surface area contributed by atoms with Crippen LogP contribution in [0.3, 0.4) is 0 Å². The predicted molar refractivity (Wildman–Crippen MR) is 74.4 cm³/mol. The summed E-state index contributed by atoms with van der Waals surface area (Å²) in [6, 6.07) is 8.75. The van der Waals surface area contributed by atoms with Crippen molar-refractivity contribution in [1.29, 1.82) is 0 Å². The molecular weight excluding hydrogens is 208 g/mol. The zero-order chi connectivity index (χ0) is 11.9. The van der Waals surface area contributed by atoms with E-state index in [2.05, 4.69) is 41.1 Å². The molecule has 1 aromatic rings. The van der Waals surface area contributed by atoms with Crippen LogP contribution >= 0.6 is 0 Å². The van der Waals surface area contributed by atoms with Crippen molar-refractivity contribution in [2.75, 3.05) is 24.5 Å². The first-order chi connectivity index (χ1) is 8.42. The molecule has 1 aliphatic rings. The molecule has 0 atom stereocenters. The topological polar surface area (TPSA) is 15.3 Å². The minimum atomic E-state index is 0.959. The van der Waals surface area contributed by atoms with Crippen molar-refractivity contribution in [3.8, 4) is 0 Å². The quantitative estimate of drug-likeness (QED) is 0.597. The Morgan fingerprint density at radius 3 is 2.76 bits per heavy atom. The Labute approximate surface area is 104 Å². The van der Waals surface area contributed by atoms with Crippen LogP contribution in [0, 0.1) is 0 Å². The second-order valence-corrected chi connectivity index (χ2v) is 4.58. The van der Waals surface area contributed by atoms with Crippen molar-refractivity contribution in [2.24, 2.45) is 0 Å². The maximum absolute atomic E-state index is 3.74. The minimum Gasteiger partial charge on any atom is -0.371 e. The van der Waals surface area contributed by atoms with E-state index in [1.54, 1.807) is 0 Å². The van der Waals surface area contributed by atoms with Gasteiger partial charge in [-0.15, -0.1) is 6.58 Å². The lowest BCUT2D eigenvalue weighted by atomic mass is 10.1. The normalized spacial score (nSPS) is 15.2. The molecule has 1 heterocycles. The molecule has 1 N–H and O–H groups in total. The summed E-state index contributed by atoms with van der Waals surface area (Å²) in [6.07, 6.45) is 5.65. The lowest BCUT2D eigenvalue weighted by Gasteiger charge is -2.21. The number of para-hydroxylation sites is 1. The van der Waals surface area contributed by atoms with E-state index < -0.39 is 0 Å². The summed E-state index contributed by atoms with van der Waals surface area (Å²) in [6.45, 7) is 8.13. The molecule has 0 bridgehead atoms. The van der Waals surface area contributed by atoms with Crippen LogP contribution in [0.25, 0.3) is 0 Å². The molecule has 1 saturated heterocycles. The number of nitrogens with one attached hydrogen (secondary N) is 1. The lowest BCUT2D eigenvalue weighted by molar-refractivity contribution is 0.694. The third-order valence-corrected chi connectivity index (χ3v) is 3.28. The number of nitrogens with zero attached hydrogens (tertiary/aromatic N) is 1. The summed E-state index contributed by atoms with van der Waals surface area (Å²) < 4.78 is 0. The SMILES string of the molecule is C=CCCNCc1ccccc1N1CCCC1. The molecule has 2 heteroatoms. The van der Waals surface area contributed by atoms with E-state index in [0.717, 1.165) is 19.5 Å². The third-order valence-electron chi connectivity index (χ3n) is 3.28. The third kappa shape index (κ3) is 3.34. The van der Waals surface area contributed by atoms with Crippen molar-refractivity contribution in [1.82, 2.24) is 5.32 Å². The standard InChI is InChI=1S/C15H22N2/c1-2-3-10-16-13-14-8-4-5-9-15(14)17-11-6-7-12-17/h2,4-5,8-9,16H,1,3,6-7,10-13H2. The van der Waals surface area contributed by atoms with Crippen LogP contribution in [0.1, 0.15) is 24.8 Å². The van der Waals surface area contributed by atoms with Crippen LogP contribution < -0.4 is 10.2 Å². The van der Waals surface area contributed by atoms with E-state index in [0.29, 0.717) is 0 Å². The van der Waals surface area contributed by atoms with Crippen molar-refractivity contribution in [3.63, 3.8) is 0 Å². The predicted octanol–water partition coefficient (Wildman–Crippen LogP) is 2.95. The zero-order valence-electron chi connectivity index (χ0n) is 10.5. The van der Waals surface area contributed by atoms with E-state index in [4.69, 9.17) is 0 Å². The minimum absolute atomic E-state index is 0.959. The van der Waals surface area contributed by atoms with Gasteiger partial charge in [-0.2, -0.15) is 0 Å².